The van der Waals surface area contributed by atoms with Crippen LogP contribution in [0.4, 0.5) is 0 Å². The van der Waals surface area contributed by atoms with Crippen LogP contribution >= 0.6 is 0 Å². The molecule has 0 aromatic heterocycles. The molecular weight excluding hydrogens is 644 g/mol. The SMILES string of the molecule is C=C1C[C@@]23CC[C@H]4[C@@](C)(CCC[C@@]4(C)C(=O)OC)[C@@H]2CC[C@]1(O[C@@H]1O[C@H](COC(C)=O)[C@@H](O)[C@H](O)[C@H]1O[C@@H]1O[C@H](CO)[C@@H](O)[C@H](O)[C@H]1O)C3. The maximum Gasteiger partial charge on any atom is 0.311 e. The summed E-state index contributed by atoms with van der Waals surface area (Å²) in [6, 6.07) is 0. The first-order chi connectivity index (χ1) is 23.1. The van der Waals surface area contributed by atoms with Gasteiger partial charge in [-0.3, -0.25) is 9.59 Å². The largest absolute Gasteiger partial charge is 0.469 e. The summed E-state index contributed by atoms with van der Waals surface area (Å²) in [4.78, 5) is 24.8. The summed E-state index contributed by atoms with van der Waals surface area (Å²) in [5, 5.41) is 63.5. The van der Waals surface area contributed by atoms with Crippen LogP contribution in [0.2, 0.25) is 0 Å². The summed E-state index contributed by atoms with van der Waals surface area (Å²) in [6.45, 7) is 9.03. The maximum absolute atomic E-state index is 13.1. The number of hydrogen-bond donors (Lipinski definition) is 6. The van der Waals surface area contributed by atoms with Crippen LogP contribution in [0, 0.1) is 28.1 Å². The molecule has 6 N–H and O–H groups in total. The molecule has 1 spiro atoms. The molecule has 0 aromatic carbocycles. The molecule has 0 unspecified atom stereocenters. The van der Waals surface area contributed by atoms with E-state index in [1.165, 1.54) is 14.0 Å². The zero-order chi connectivity index (χ0) is 35.7. The van der Waals surface area contributed by atoms with Crippen LogP contribution < -0.4 is 0 Å². The van der Waals surface area contributed by atoms with Crippen molar-refractivity contribution in [1.82, 2.24) is 0 Å². The molecule has 0 aromatic rings. The van der Waals surface area contributed by atoms with Crippen LogP contribution in [0.15, 0.2) is 12.2 Å². The lowest BCUT2D eigenvalue weighted by Crippen LogP contribution is -2.65. The highest BCUT2D eigenvalue weighted by Crippen LogP contribution is 2.73. The fourth-order valence-electron chi connectivity index (χ4n) is 11.0. The van der Waals surface area contributed by atoms with E-state index in [2.05, 4.69) is 20.4 Å². The van der Waals surface area contributed by atoms with Crippen molar-refractivity contribution < 1.29 is 68.6 Å². The van der Waals surface area contributed by atoms with Gasteiger partial charge < -0.3 is 59.1 Å². The van der Waals surface area contributed by atoms with Crippen LogP contribution in [0.5, 0.6) is 0 Å². The first-order valence-electron chi connectivity index (χ1n) is 17.6. The second-order valence-electron chi connectivity index (χ2n) is 16.0. The standard InChI is InChI=1S/C35H54O14/c1-17-13-34-11-7-21-32(3,9-6-10-33(21,4)31(43)44-5)22(34)8-12-35(17,16-34)49-30-28(26(41)24(39)20(47-30)15-45-18(2)37)48-29-27(42)25(40)23(38)19(14-36)46-29/h19-30,36,38-42H,1,6-16H2,2-5H3/t19-,20-,21+,22+,23-,24-,25+,26+,27-,28-,29+,30+,32-,33-,34-,35+/m1/s1. The molecular formula is C35H54O14. The summed E-state index contributed by atoms with van der Waals surface area (Å²) in [5.74, 6) is -0.277. The number of esters is 2. The van der Waals surface area contributed by atoms with Crippen molar-refractivity contribution in [2.24, 2.45) is 28.1 Å². The predicted octanol–water partition coefficient (Wildman–Crippen LogP) is 0.463. The summed E-state index contributed by atoms with van der Waals surface area (Å²) in [5.41, 5.74) is -0.816. The fourth-order valence-corrected chi connectivity index (χ4v) is 11.0. The molecule has 14 nitrogen and oxygen atoms in total. The first kappa shape index (κ1) is 37.1. The Morgan fingerprint density at radius 3 is 2.22 bits per heavy atom. The number of ether oxygens (including phenoxy) is 6. The number of aliphatic hydroxyl groups excluding tert-OH is 6. The molecule has 16 atom stereocenters. The Morgan fingerprint density at radius 2 is 1.55 bits per heavy atom. The monoisotopic (exact) mass is 698 g/mol. The van der Waals surface area contributed by atoms with Crippen LogP contribution in [0.25, 0.3) is 0 Å². The summed E-state index contributed by atoms with van der Waals surface area (Å²) < 4.78 is 35.0. The predicted molar refractivity (Wildman–Crippen MR) is 168 cm³/mol. The number of carbonyl (C=O) groups excluding carboxylic acids is 2. The molecule has 2 saturated heterocycles. The van der Waals surface area contributed by atoms with Gasteiger partial charge in [0, 0.05) is 6.92 Å². The smallest absolute Gasteiger partial charge is 0.311 e. The zero-order valence-corrected chi connectivity index (χ0v) is 28.9. The Kier molecular flexibility index (Phi) is 10.1. The van der Waals surface area contributed by atoms with Gasteiger partial charge in [0.1, 0.15) is 55.4 Å². The van der Waals surface area contributed by atoms with E-state index >= 15 is 0 Å². The highest BCUT2D eigenvalue weighted by atomic mass is 16.8. The number of methoxy groups -OCH3 is 1. The third kappa shape index (κ3) is 5.97. The molecule has 0 amide bonds. The van der Waals surface area contributed by atoms with Crippen LogP contribution in [-0.4, -0.2) is 130 Å². The van der Waals surface area contributed by atoms with Crippen molar-refractivity contribution >= 4 is 11.9 Å². The molecule has 4 saturated carbocycles. The fraction of sp³-hybridized carbons (Fsp3) is 0.886. The molecule has 4 aliphatic carbocycles. The van der Waals surface area contributed by atoms with E-state index in [-0.39, 0.29) is 29.3 Å². The average Bonchev–Trinajstić information content (AvgIpc) is 3.26. The Morgan fingerprint density at radius 1 is 0.878 bits per heavy atom. The van der Waals surface area contributed by atoms with Gasteiger partial charge >= 0.3 is 11.9 Å². The van der Waals surface area contributed by atoms with Gasteiger partial charge in [-0.15, -0.1) is 0 Å². The van der Waals surface area contributed by atoms with E-state index in [0.29, 0.717) is 25.2 Å². The topological polar surface area (TPSA) is 211 Å². The van der Waals surface area contributed by atoms with Crippen molar-refractivity contribution in [3.8, 4) is 0 Å². The lowest BCUT2D eigenvalue weighted by Gasteiger charge is -2.64. The van der Waals surface area contributed by atoms with E-state index in [0.717, 1.165) is 44.1 Å². The van der Waals surface area contributed by atoms with E-state index in [1.807, 2.05) is 0 Å². The normalized spacial score (nSPS) is 51.0. The lowest BCUT2D eigenvalue weighted by molar-refractivity contribution is -0.378. The van der Waals surface area contributed by atoms with Crippen LogP contribution in [-0.2, 0) is 38.0 Å². The second kappa shape index (κ2) is 13.4. The number of fused-ring (bicyclic) bond motifs is 3. The van der Waals surface area contributed by atoms with Crippen molar-refractivity contribution in [1.29, 1.82) is 0 Å². The summed E-state index contributed by atoms with van der Waals surface area (Å²) in [7, 11) is 1.46. The molecule has 6 fully saturated rings. The Balaban J connectivity index is 1.27. The van der Waals surface area contributed by atoms with Crippen molar-refractivity contribution in [2.45, 2.75) is 146 Å². The van der Waals surface area contributed by atoms with Gasteiger partial charge in [-0.2, -0.15) is 0 Å². The molecule has 278 valence electrons. The minimum Gasteiger partial charge on any atom is -0.469 e. The van der Waals surface area contributed by atoms with Gasteiger partial charge in [0.05, 0.1) is 24.7 Å². The van der Waals surface area contributed by atoms with E-state index in [1.54, 1.807) is 0 Å². The molecule has 0 radical (unpaired) electrons. The number of aliphatic hydroxyl groups is 6. The zero-order valence-electron chi connectivity index (χ0n) is 28.9. The summed E-state index contributed by atoms with van der Waals surface area (Å²) >= 11 is 0. The van der Waals surface area contributed by atoms with Gasteiger partial charge in [-0.05, 0) is 86.5 Å². The maximum atomic E-state index is 13.1. The Labute approximate surface area is 286 Å². The number of rotatable bonds is 8. The summed E-state index contributed by atoms with van der Waals surface area (Å²) in [6.07, 6.45) is -8.18. The van der Waals surface area contributed by atoms with Crippen LogP contribution in [0.1, 0.15) is 78.6 Å². The van der Waals surface area contributed by atoms with Crippen molar-refractivity contribution in [3.63, 3.8) is 0 Å². The van der Waals surface area contributed by atoms with Gasteiger partial charge in [0.15, 0.2) is 12.6 Å². The van der Waals surface area contributed by atoms with Crippen molar-refractivity contribution in [3.05, 3.63) is 12.2 Å². The Hall–Kier alpha value is -1.72. The van der Waals surface area contributed by atoms with Gasteiger partial charge in [0.2, 0.25) is 0 Å². The highest BCUT2D eigenvalue weighted by Gasteiger charge is 2.69. The van der Waals surface area contributed by atoms with E-state index in [4.69, 9.17) is 28.4 Å². The average molecular weight is 699 g/mol. The van der Waals surface area contributed by atoms with Gasteiger partial charge in [0.25, 0.3) is 0 Å². The molecule has 2 bridgehead atoms. The molecule has 2 heterocycles. The van der Waals surface area contributed by atoms with Gasteiger partial charge in [-0.1, -0.05) is 19.9 Å². The number of hydrogen-bond acceptors (Lipinski definition) is 14. The lowest BCUT2D eigenvalue weighted by atomic mass is 9.41. The minimum absolute atomic E-state index is 0.0955. The quantitative estimate of drug-likeness (QED) is 0.116. The van der Waals surface area contributed by atoms with Crippen molar-refractivity contribution in [2.75, 3.05) is 20.3 Å². The first-order valence-corrected chi connectivity index (χ1v) is 17.6. The molecule has 6 aliphatic rings. The molecule has 2 aliphatic heterocycles. The van der Waals surface area contributed by atoms with Gasteiger partial charge in [-0.25, -0.2) is 0 Å². The number of carbonyl (C=O) groups is 2. The van der Waals surface area contributed by atoms with E-state index < -0.39 is 85.0 Å². The van der Waals surface area contributed by atoms with Crippen LogP contribution in [0.3, 0.4) is 0 Å². The molecule has 6 rings (SSSR count). The highest BCUT2D eigenvalue weighted by molar-refractivity contribution is 5.77. The third-order valence-corrected chi connectivity index (χ3v) is 13.4. The van der Waals surface area contributed by atoms with E-state index in [9.17, 15) is 40.2 Å². The minimum atomic E-state index is -1.78. The molecule has 49 heavy (non-hydrogen) atoms. The Bertz CT molecular complexity index is 1280. The third-order valence-electron chi connectivity index (χ3n) is 13.4. The molecule has 14 heteroatoms. The second-order valence-corrected chi connectivity index (χ2v) is 16.0.